The molecule has 0 aromatic carbocycles. The monoisotopic (exact) mass is 278 g/mol. The van der Waals surface area contributed by atoms with Gasteiger partial charge in [-0.15, -0.1) is 0 Å². The highest BCUT2D eigenvalue weighted by molar-refractivity contribution is 7.80. The highest BCUT2D eigenvalue weighted by Crippen LogP contribution is 2.30. The van der Waals surface area contributed by atoms with Gasteiger partial charge in [-0.05, 0) is 18.6 Å². The third kappa shape index (κ3) is 3.83. The Kier molecular flexibility index (Phi) is 4.89. The number of thiocarbonyl (C=S) groups is 1. The molecule has 0 fully saturated rings. The van der Waals surface area contributed by atoms with E-state index in [1.165, 1.54) is 6.07 Å². The molecule has 0 aliphatic heterocycles. The van der Waals surface area contributed by atoms with E-state index < -0.39 is 11.9 Å². The topological polar surface area (TPSA) is 48.1 Å². The highest BCUT2D eigenvalue weighted by atomic mass is 32.1. The Morgan fingerprint density at radius 2 is 2.11 bits per heavy atom. The number of ether oxygens (including phenoxy) is 1. The van der Waals surface area contributed by atoms with Crippen LogP contribution in [-0.2, 0) is 6.18 Å². The van der Waals surface area contributed by atoms with Crippen LogP contribution in [0.1, 0.15) is 31.0 Å². The zero-order valence-corrected chi connectivity index (χ0v) is 10.6. The van der Waals surface area contributed by atoms with Crippen molar-refractivity contribution in [3.8, 4) is 5.88 Å². The van der Waals surface area contributed by atoms with Crippen LogP contribution in [0.15, 0.2) is 12.1 Å². The average Bonchev–Trinajstić information content (AvgIpc) is 2.27. The molecule has 0 saturated heterocycles. The van der Waals surface area contributed by atoms with E-state index in [4.69, 9.17) is 22.7 Å². The third-order valence-corrected chi connectivity index (χ3v) is 2.37. The second-order valence-electron chi connectivity index (χ2n) is 3.61. The second-order valence-corrected chi connectivity index (χ2v) is 4.05. The summed E-state index contributed by atoms with van der Waals surface area (Å²) in [4.78, 5) is 3.38. The number of nitrogens with two attached hydrogens (primary N) is 1. The fourth-order valence-corrected chi connectivity index (χ4v) is 1.36. The molecule has 0 saturated carbocycles. The van der Waals surface area contributed by atoms with Crippen molar-refractivity contribution in [2.24, 2.45) is 5.73 Å². The zero-order valence-electron chi connectivity index (χ0n) is 9.75. The van der Waals surface area contributed by atoms with Crippen LogP contribution in [0.5, 0.6) is 5.88 Å². The van der Waals surface area contributed by atoms with E-state index in [9.17, 15) is 13.2 Å². The quantitative estimate of drug-likeness (QED) is 0.664. The molecule has 1 heterocycles. The summed E-state index contributed by atoms with van der Waals surface area (Å²) in [6.07, 6.45) is -2.94. The van der Waals surface area contributed by atoms with E-state index in [0.717, 1.165) is 12.5 Å². The minimum absolute atomic E-state index is 0.0391. The van der Waals surface area contributed by atoms with Crippen molar-refractivity contribution >= 4 is 17.2 Å². The van der Waals surface area contributed by atoms with E-state index in [2.05, 4.69) is 4.98 Å². The Hall–Kier alpha value is -1.37. The van der Waals surface area contributed by atoms with Gasteiger partial charge in [-0.2, -0.15) is 13.2 Å². The highest BCUT2D eigenvalue weighted by Gasteiger charge is 2.33. The number of nitrogens with zero attached hydrogens (tertiary/aromatic N) is 1. The van der Waals surface area contributed by atoms with Crippen LogP contribution in [-0.4, -0.2) is 16.6 Å². The summed E-state index contributed by atoms with van der Waals surface area (Å²) in [5.74, 6) is -0.161. The number of aromatic nitrogens is 1. The molecule has 0 unspecified atom stereocenters. The first-order valence-corrected chi connectivity index (χ1v) is 5.78. The number of alkyl halides is 3. The molecule has 0 aliphatic rings. The van der Waals surface area contributed by atoms with E-state index in [-0.39, 0.29) is 23.0 Å². The first kappa shape index (κ1) is 14.7. The van der Waals surface area contributed by atoms with Crippen molar-refractivity contribution in [3.05, 3.63) is 23.4 Å². The van der Waals surface area contributed by atoms with Gasteiger partial charge in [-0.25, -0.2) is 4.98 Å². The van der Waals surface area contributed by atoms with E-state index >= 15 is 0 Å². The van der Waals surface area contributed by atoms with Crippen LogP contribution in [0.25, 0.3) is 0 Å². The van der Waals surface area contributed by atoms with Crippen molar-refractivity contribution in [1.29, 1.82) is 0 Å². The molecule has 7 heteroatoms. The first-order chi connectivity index (χ1) is 8.36. The van der Waals surface area contributed by atoms with Crippen LogP contribution < -0.4 is 10.5 Å². The van der Waals surface area contributed by atoms with Crippen LogP contribution in [0.2, 0.25) is 0 Å². The smallest absolute Gasteiger partial charge is 0.433 e. The number of unbranched alkanes of at least 4 members (excludes halogenated alkanes) is 1. The standard InChI is InChI=1S/C11H13F3N2OS/c1-2-3-6-17-10-7(9(15)18)4-5-8(16-10)11(12,13)14/h4-5H,2-3,6H2,1H3,(H2,15,18). The third-order valence-electron chi connectivity index (χ3n) is 2.15. The minimum atomic E-state index is -4.52. The number of hydrogen-bond donors (Lipinski definition) is 1. The molecule has 1 aromatic heterocycles. The molecule has 1 aromatic rings. The van der Waals surface area contributed by atoms with E-state index in [0.29, 0.717) is 6.42 Å². The summed E-state index contributed by atoms with van der Waals surface area (Å²) >= 11 is 4.74. The number of pyridine rings is 1. The maximum Gasteiger partial charge on any atom is 0.433 e. The number of halogens is 3. The minimum Gasteiger partial charge on any atom is -0.477 e. The van der Waals surface area contributed by atoms with Gasteiger partial charge in [-0.1, -0.05) is 25.6 Å². The van der Waals surface area contributed by atoms with Gasteiger partial charge < -0.3 is 10.5 Å². The lowest BCUT2D eigenvalue weighted by Gasteiger charge is -2.12. The molecule has 0 radical (unpaired) electrons. The Labute approximate surface area is 108 Å². The Balaban J connectivity index is 3.04. The van der Waals surface area contributed by atoms with E-state index in [1.54, 1.807) is 0 Å². The van der Waals surface area contributed by atoms with Crippen molar-refractivity contribution in [3.63, 3.8) is 0 Å². The Bertz CT molecular complexity index is 435. The first-order valence-electron chi connectivity index (χ1n) is 5.37. The Morgan fingerprint density at radius 1 is 1.44 bits per heavy atom. The summed E-state index contributed by atoms with van der Waals surface area (Å²) in [5.41, 5.74) is 4.61. The fraction of sp³-hybridized carbons (Fsp3) is 0.455. The molecular formula is C11H13F3N2OS. The van der Waals surface area contributed by atoms with Crippen LogP contribution >= 0.6 is 12.2 Å². The molecule has 2 N–H and O–H groups in total. The van der Waals surface area contributed by atoms with Gasteiger partial charge in [0, 0.05) is 0 Å². The summed E-state index contributed by atoms with van der Waals surface area (Å²) in [7, 11) is 0. The fourth-order valence-electron chi connectivity index (χ4n) is 1.21. The van der Waals surface area contributed by atoms with Crippen molar-refractivity contribution < 1.29 is 17.9 Å². The average molecular weight is 278 g/mol. The molecule has 0 aliphatic carbocycles. The van der Waals surface area contributed by atoms with E-state index in [1.807, 2.05) is 6.92 Å². The van der Waals surface area contributed by atoms with Gasteiger partial charge in [0.15, 0.2) is 0 Å². The largest absolute Gasteiger partial charge is 0.477 e. The Morgan fingerprint density at radius 3 is 2.61 bits per heavy atom. The molecule has 3 nitrogen and oxygen atoms in total. The zero-order chi connectivity index (χ0) is 13.8. The maximum atomic E-state index is 12.5. The SMILES string of the molecule is CCCCOc1nc(C(F)(F)F)ccc1C(N)=S. The molecule has 0 amide bonds. The molecular weight excluding hydrogens is 265 g/mol. The lowest BCUT2D eigenvalue weighted by Crippen LogP contribution is -2.16. The molecule has 0 spiro atoms. The molecule has 1 rings (SSSR count). The van der Waals surface area contributed by atoms with Crippen molar-refractivity contribution in [1.82, 2.24) is 4.98 Å². The lowest BCUT2D eigenvalue weighted by atomic mass is 10.2. The van der Waals surface area contributed by atoms with Gasteiger partial charge in [0.05, 0.1) is 12.2 Å². The van der Waals surface area contributed by atoms with Crippen molar-refractivity contribution in [2.75, 3.05) is 6.61 Å². The number of hydrogen-bond acceptors (Lipinski definition) is 3. The van der Waals surface area contributed by atoms with Gasteiger partial charge >= 0.3 is 6.18 Å². The summed E-state index contributed by atoms with van der Waals surface area (Å²) < 4.78 is 42.7. The molecule has 0 atom stereocenters. The van der Waals surface area contributed by atoms with Gasteiger partial charge in [-0.3, -0.25) is 0 Å². The van der Waals surface area contributed by atoms with Crippen LogP contribution in [0, 0.1) is 0 Å². The van der Waals surface area contributed by atoms with Gasteiger partial charge in [0.1, 0.15) is 10.7 Å². The molecule has 100 valence electrons. The summed E-state index contributed by atoms with van der Waals surface area (Å²) in [5, 5.41) is 0. The predicted molar refractivity (Wildman–Crippen MR) is 65.5 cm³/mol. The normalized spacial score (nSPS) is 11.3. The molecule has 0 bridgehead atoms. The number of rotatable bonds is 5. The van der Waals surface area contributed by atoms with Crippen LogP contribution in [0.3, 0.4) is 0 Å². The second kappa shape index (κ2) is 5.99. The lowest BCUT2D eigenvalue weighted by molar-refractivity contribution is -0.141. The van der Waals surface area contributed by atoms with Gasteiger partial charge in [0.2, 0.25) is 5.88 Å². The molecule has 18 heavy (non-hydrogen) atoms. The summed E-state index contributed by atoms with van der Waals surface area (Å²) in [6, 6.07) is 2.01. The maximum absolute atomic E-state index is 12.5. The van der Waals surface area contributed by atoms with Crippen LogP contribution in [0.4, 0.5) is 13.2 Å². The summed E-state index contributed by atoms with van der Waals surface area (Å²) in [6.45, 7) is 2.22. The van der Waals surface area contributed by atoms with Crippen molar-refractivity contribution in [2.45, 2.75) is 25.9 Å². The predicted octanol–water partition coefficient (Wildman–Crippen LogP) is 2.91. The van der Waals surface area contributed by atoms with Gasteiger partial charge in [0.25, 0.3) is 0 Å².